The summed E-state index contributed by atoms with van der Waals surface area (Å²) >= 11 is 0. The van der Waals surface area contributed by atoms with Crippen molar-refractivity contribution in [2.24, 2.45) is 0 Å². The van der Waals surface area contributed by atoms with E-state index < -0.39 is 10.0 Å². The predicted octanol–water partition coefficient (Wildman–Crippen LogP) is 2.64. The van der Waals surface area contributed by atoms with E-state index in [2.05, 4.69) is 21.9 Å². The molecule has 0 unspecified atom stereocenters. The van der Waals surface area contributed by atoms with Crippen LogP contribution >= 0.6 is 0 Å². The number of hydrogen-bond donors (Lipinski definition) is 2. The largest absolute Gasteiger partial charge is 0.350 e. The summed E-state index contributed by atoms with van der Waals surface area (Å²) in [5.41, 5.74) is 4.22. The Bertz CT molecular complexity index is 1480. The van der Waals surface area contributed by atoms with Gasteiger partial charge in [0.05, 0.1) is 29.2 Å². The van der Waals surface area contributed by atoms with E-state index in [1.54, 1.807) is 18.2 Å². The van der Waals surface area contributed by atoms with Gasteiger partial charge in [0.1, 0.15) is 5.82 Å². The molecule has 0 saturated carbocycles. The Kier molecular flexibility index (Phi) is 5.87. The Morgan fingerprint density at radius 1 is 1.19 bits per heavy atom. The van der Waals surface area contributed by atoms with Crippen LogP contribution in [0.15, 0.2) is 30.5 Å². The smallest absolute Gasteiger partial charge is 0.256 e. The van der Waals surface area contributed by atoms with Crippen LogP contribution in [0.5, 0.6) is 0 Å². The zero-order valence-electron chi connectivity index (χ0n) is 21.4. The van der Waals surface area contributed by atoms with Gasteiger partial charge in [0.25, 0.3) is 5.91 Å². The standard InChI is InChI=1S/C26H33N7O3S/c1-16-7-8-21(30-37(3,35)36)20(10-16)26(34)31-9-5-4-6-23(31)22-12-24-28-25(17(2)14-33(24)29-22)32-15-18-11-19(32)13-27-18/h7-8,10,12,14,18-19,23,27,30H,4-6,9,11,13,15H2,1-3H3/t18-,19-,23-/m0/s1. The normalized spacial score (nSPS) is 23.7. The molecule has 2 bridgehead atoms. The molecule has 1 aromatic carbocycles. The van der Waals surface area contributed by atoms with Crippen LogP contribution in [-0.4, -0.2) is 71.8 Å². The molecule has 3 aliphatic rings. The molecule has 2 aromatic heterocycles. The number of sulfonamides is 1. The fourth-order valence-electron chi connectivity index (χ4n) is 6.05. The number of piperidine rings is 1. The number of hydrogen-bond acceptors (Lipinski definition) is 7. The van der Waals surface area contributed by atoms with Crippen LogP contribution in [0.1, 0.15) is 58.9 Å². The monoisotopic (exact) mass is 523 g/mol. The van der Waals surface area contributed by atoms with Crippen LogP contribution in [0.4, 0.5) is 11.5 Å². The molecule has 11 heteroatoms. The zero-order valence-corrected chi connectivity index (χ0v) is 22.3. The number of nitrogens with zero attached hydrogens (tertiary/aromatic N) is 5. The number of anilines is 2. The number of nitrogens with one attached hydrogen (secondary N) is 2. The van der Waals surface area contributed by atoms with E-state index in [0.29, 0.717) is 29.9 Å². The Morgan fingerprint density at radius 3 is 2.76 bits per heavy atom. The molecule has 3 saturated heterocycles. The molecule has 0 aliphatic carbocycles. The van der Waals surface area contributed by atoms with Gasteiger partial charge in [0.2, 0.25) is 10.0 Å². The van der Waals surface area contributed by atoms with E-state index in [9.17, 15) is 13.2 Å². The van der Waals surface area contributed by atoms with Gasteiger partial charge in [-0.25, -0.2) is 17.9 Å². The summed E-state index contributed by atoms with van der Waals surface area (Å²) in [6.45, 7) is 6.53. The quantitative estimate of drug-likeness (QED) is 0.529. The highest BCUT2D eigenvalue weighted by Gasteiger charge is 2.39. The Balaban J connectivity index is 1.33. The molecular formula is C26H33N7O3S. The second kappa shape index (κ2) is 8.98. The van der Waals surface area contributed by atoms with Gasteiger partial charge in [-0.05, 0) is 51.7 Å². The first-order valence-corrected chi connectivity index (χ1v) is 14.8. The third kappa shape index (κ3) is 4.54. The maximum Gasteiger partial charge on any atom is 0.256 e. The molecule has 10 nitrogen and oxygen atoms in total. The first-order chi connectivity index (χ1) is 17.7. The molecule has 5 heterocycles. The van der Waals surface area contributed by atoms with E-state index in [0.717, 1.165) is 73.3 Å². The third-order valence-electron chi connectivity index (χ3n) is 7.76. The number of likely N-dealkylation sites (tertiary alicyclic amines) is 1. The number of amides is 1. The van der Waals surface area contributed by atoms with E-state index >= 15 is 0 Å². The summed E-state index contributed by atoms with van der Waals surface area (Å²) < 4.78 is 28.2. The minimum Gasteiger partial charge on any atom is -0.350 e. The van der Waals surface area contributed by atoms with Gasteiger partial charge in [-0.15, -0.1) is 0 Å². The Hall–Kier alpha value is -3.18. The first-order valence-electron chi connectivity index (χ1n) is 12.9. The van der Waals surface area contributed by atoms with E-state index in [1.807, 2.05) is 28.6 Å². The fraction of sp³-hybridized carbons (Fsp3) is 0.500. The van der Waals surface area contributed by atoms with Crippen molar-refractivity contribution in [3.05, 3.63) is 52.8 Å². The number of fused-ring (bicyclic) bond motifs is 3. The van der Waals surface area contributed by atoms with Crippen LogP contribution in [0, 0.1) is 13.8 Å². The molecule has 0 radical (unpaired) electrons. The predicted molar refractivity (Wildman–Crippen MR) is 143 cm³/mol. The highest BCUT2D eigenvalue weighted by molar-refractivity contribution is 7.92. The number of carbonyl (C=O) groups is 1. The molecule has 2 N–H and O–H groups in total. The SMILES string of the molecule is Cc1ccc(NS(C)(=O)=O)c(C(=O)N2CCCC[C@H]2c2cc3nc(N4C[C@@H]5C[C@H]4CN5)c(C)cn3n2)c1. The molecular weight excluding hydrogens is 490 g/mol. The molecule has 196 valence electrons. The summed E-state index contributed by atoms with van der Waals surface area (Å²) in [5.74, 6) is 0.822. The summed E-state index contributed by atoms with van der Waals surface area (Å²) in [6, 6.07) is 8.02. The van der Waals surface area contributed by atoms with Crippen molar-refractivity contribution in [1.82, 2.24) is 24.8 Å². The Morgan fingerprint density at radius 2 is 2.03 bits per heavy atom. The zero-order chi connectivity index (χ0) is 25.9. The van der Waals surface area contributed by atoms with Gasteiger partial charge in [0.15, 0.2) is 5.65 Å². The van der Waals surface area contributed by atoms with Crippen molar-refractivity contribution < 1.29 is 13.2 Å². The minimum atomic E-state index is -3.53. The van der Waals surface area contributed by atoms with Crippen molar-refractivity contribution in [1.29, 1.82) is 0 Å². The lowest BCUT2D eigenvalue weighted by molar-refractivity contribution is 0.0606. The van der Waals surface area contributed by atoms with Gasteiger partial charge >= 0.3 is 0 Å². The van der Waals surface area contributed by atoms with E-state index in [-0.39, 0.29) is 11.9 Å². The number of aromatic nitrogens is 3. The number of aryl methyl sites for hydroxylation is 2. The van der Waals surface area contributed by atoms with Gasteiger partial charge in [0, 0.05) is 49.5 Å². The Labute approximate surface area is 217 Å². The first kappa shape index (κ1) is 24.2. The maximum atomic E-state index is 13.8. The number of rotatable bonds is 5. The van der Waals surface area contributed by atoms with Crippen molar-refractivity contribution in [2.45, 2.75) is 57.7 Å². The van der Waals surface area contributed by atoms with Gasteiger partial charge < -0.3 is 15.1 Å². The molecule has 3 aliphatic heterocycles. The number of carbonyl (C=O) groups excluding carboxylic acids is 1. The van der Waals surface area contributed by atoms with Gasteiger partial charge in [-0.3, -0.25) is 9.52 Å². The average molecular weight is 524 g/mol. The summed E-state index contributed by atoms with van der Waals surface area (Å²) in [5, 5.41) is 8.40. The van der Waals surface area contributed by atoms with Crippen LogP contribution in [-0.2, 0) is 10.0 Å². The van der Waals surface area contributed by atoms with E-state index in [1.165, 1.54) is 0 Å². The molecule has 1 amide bonds. The fourth-order valence-corrected chi connectivity index (χ4v) is 6.63. The molecule has 37 heavy (non-hydrogen) atoms. The highest BCUT2D eigenvalue weighted by atomic mass is 32.2. The molecule has 3 fully saturated rings. The van der Waals surface area contributed by atoms with E-state index in [4.69, 9.17) is 10.1 Å². The molecule has 0 spiro atoms. The molecule has 3 aromatic rings. The second-order valence-corrected chi connectivity index (χ2v) is 12.4. The van der Waals surface area contributed by atoms with Crippen molar-refractivity contribution in [3.63, 3.8) is 0 Å². The van der Waals surface area contributed by atoms with Crippen molar-refractivity contribution in [3.8, 4) is 0 Å². The van der Waals surface area contributed by atoms with Crippen molar-refractivity contribution in [2.75, 3.05) is 35.5 Å². The summed E-state index contributed by atoms with van der Waals surface area (Å²) in [6.07, 6.45) is 6.96. The van der Waals surface area contributed by atoms with Crippen LogP contribution in [0.25, 0.3) is 5.65 Å². The van der Waals surface area contributed by atoms with Crippen LogP contribution in [0.3, 0.4) is 0 Å². The lowest BCUT2D eigenvalue weighted by atomic mass is 9.97. The summed E-state index contributed by atoms with van der Waals surface area (Å²) in [7, 11) is -3.53. The lowest BCUT2D eigenvalue weighted by Crippen LogP contribution is -2.44. The topological polar surface area (TPSA) is 112 Å². The minimum absolute atomic E-state index is 0.193. The second-order valence-electron chi connectivity index (χ2n) is 10.7. The maximum absolute atomic E-state index is 13.8. The van der Waals surface area contributed by atoms with Crippen LogP contribution < -0.4 is 14.9 Å². The lowest BCUT2D eigenvalue weighted by Gasteiger charge is -2.35. The van der Waals surface area contributed by atoms with Crippen molar-refractivity contribution >= 4 is 33.1 Å². The van der Waals surface area contributed by atoms with Gasteiger partial charge in [-0.1, -0.05) is 11.6 Å². The average Bonchev–Trinajstić information content (AvgIpc) is 3.59. The molecule has 6 rings (SSSR count). The van der Waals surface area contributed by atoms with Crippen LogP contribution in [0.2, 0.25) is 0 Å². The number of benzene rings is 1. The summed E-state index contributed by atoms with van der Waals surface area (Å²) in [4.78, 5) is 23.1. The number of piperazine rings is 1. The molecule has 3 atom stereocenters. The van der Waals surface area contributed by atoms with Gasteiger partial charge in [-0.2, -0.15) is 5.10 Å². The third-order valence-corrected chi connectivity index (χ3v) is 8.35. The highest BCUT2D eigenvalue weighted by Crippen LogP contribution is 2.35.